The molecule has 1 aliphatic rings. The first kappa shape index (κ1) is 21.0. The molecular weight excluding hydrogens is 411 g/mol. The van der Waals surface area contributed by atoms with Crippen molar-refractivity contribution in [3.05, 3.63) is 143 Å². The van der Waals surface area contributed by atoms with E-state index in [1.54, 1.807) is 12.1 Å². The van der Waals surface area contributed by atoms with Crippen molar-refractivity contribution in [2.24, 2.45) is 5.92 Å². The molecule has 3 heteroatoms. The van der Waals surface area contributed by atoms with E-state index in [4.69, 9.17) is 0 Å². The Morgan fingerprint density at radius 2 is 1.18 bits per heavy atom. The lowest BCUT2D eigenvalue weighted by Gasteiger charge is -2.25. The Balaban J connectivity index is 1.63. The summed E-state index contributed by atoms with van der Waals surface area (Å²) in [6.45, 7) is 0. The Labute approximate surface area is 192 Å². The molecule has 162 valence electrons. The average molecular weight is 435 g/mol. The van der Waals surface area contributed by atoms with Gasteiger partial charge in [-0.3, -0.25) is 9.59 Å². The van der Waals surface area contributed by atoms with Crippen LogP contribution >= 0.6 is 0 Å². The maximum Gasteiger partial charge on any atom is 0.167 e. The van der Waals surface area contributed by atoms with Gasteiger partial charge >= 0.3 is 0 Å². The zero-order valence-electron chi connectivity index (χ0n) is 18.0. The van der Waals surface area contributed by atoms with E-state index in [0.29, 0.717) is 11.1 Å². The van der Waals surface area contributed by atoms with Crippen LogP contribution in [-0.2, 0) is 0 Å². The van der Waals surface area contributed by atoms with Crippen LogP contribution in [0.25, 0.3) is 0 Å². The average Bonchev–Trinajstić information content (AvgIpc) is 3.19. The first-order chi connectivity index (χ1) is 16.1. The van der Waals surface area contributed by atoms with Crippen molar-refractivity contribution in [2.45, 2.75) is 18.3 Å². The number of ketones is 2. The van der Waals surface area contributed by atoms with Crippen LogP contribution in [0.4, 0.5) is 4.39 Å². The SMILES string of the molecule is O=C(C[C@@H]1c2ccccc2[C@H](c2ccc(F)cc2)[C@H]1C(=O)c1ccccc1)c1ccccc1. The molecule has 0 amide bonds. The quantitative estimate of drug-likeness (QED) is 0.312. The van der Waals surface area contributed by atoms with E-state index in [-0.39, 0.29) is 35.6 Å². The van der Waals surface area contributed by atoms with Crippen molar-refractivity contribution in [1.82, 2.24) is 0 Å². The highest BCUT2D eigenvalue weighted by Crippen LogP contribution is 2.52. The summed E-state index contributed by atoms with van der Waals surface area (Å²) in [7, 11) is 0. The van der Waals surface area contributed by atoms with E-state index < -0.39 is 5.92 Å². The van der Waals surface area contributed by atoms with Crippen LogP contribution in [0, 0.1) is 11.7 Å². The van der Waals surface area contributed by atoms with Gasteiger partial charge in [0.2, 0.25) is 0 Å². The molecule has 0 N–H and O–H groups in total. The van der Waals surface area contributed by atoms with E-state index >= 15 is 0 Å². The highest BCUT2D eigenvalue weighted by molar-refractivity contribution is 6.02. The Kier molecular flexibility index (Phi) is 5.70. The number of Topliss-reactive ketones (excluding diaryl/α,β-unsaturated/α-hetero) is 2. The van der Waals surface area contributed by atoms with Crippen LogP contribution in [0.15, 0.2) is 109 Å². The standard InChI is InChI=1S/C30H23FO2/c31-23-17-15-21(16-18-23)28-25-14-8-7-13-24(25)26(19-27(32)20-9-3-1-4-10-20)29(28)30(33)22-11-5-2-6-12-22/h1-18,26,28-29H,19H2/t26-,28+,29+/m1/s1. The van der Waals surface area contributed by atoms with Crippen molar-refractivity contribution >= 4 is 11.6 Å². The minimum atomic E-state index is -0.456. The van der Waals surface area contributed by atoms with Crippen molar-refractivity contribution in [3.63, 3.8) is 0 Å². The number of benzene rings is 4. The van der Waals surface area contributed by atoms with Gasteiger partial charge in [-0.1, -0.05) is 97.1 Å². The molecular formula is C30H23FO2. The summed E-state index contributed by atoms with van der Waals surface area (Å²) in [6, 6.07) is 32.8. The molecule has 3 atom stereocenters. The smallest absolute Gasteiger partial charge is 0.167 e. The lowest BCUT2D eigenvalue weighted by Crippen LogP contribution is -2.25. The maximum atomic E-state index is 13.9. The minimum absolute atomic E-state index is 0.00647. The highest BCUT2D eigenvalue weighted by atomic mass is 19.1. The van der Waals surface area contributed by atoms with E-state index in [1.807, 2.05) is 84.9 Å². The van der Waals surface area contributed by atoms with Crippen LogP contribution in [0.2, 0.25) is 0 Å². The normalized spacial score (nSPS) is 19.1. The van der Waals surface area contributed by atoms with E-state index in [1.165, 1.54) is 12.1 Å². The summed E-state index contributed by atoms with van der Waals surface area (Å²) in [4.78, 5) is 27.2. The molecule has 0 saturated heterocycles. The zero-order valence-corrected chi connectivity index (χ0v) is 18.0. The van der Waals surface area contributed by atoms with Gasteiger partial charge in [0, 0.05) is 35.3 Å². The topological polar surface area (TPSA) is 34.1 Å². The van der Waals surface area contributed by atoms with Crippen molar-refractivity contribution in [3.8, 4) is 0 Å². The molecule has 0 aromatic heterocycles. The molecule has 4 aromatic rings. The fraction of sp³-hybridized carbons (Fsp3) is 0.133. The monoisotopic (exact) mass is 434 g/mol. The van der Waals surface area contributed by atoms with Crippen LogP contribution in [0.3, 0.4) is 0 Å². The van der Waals surface area contributed by atoms with Gasteiger partial charge in [0.05, 0.1) is 0 Å². The molecule has 0 fully saturated rings. The van der Waals surface area contributed by atoms with Crippen LogP contribution in [0.5, 0.6) is 0 Å². The van der Waals surface area contributed by atoms with E-state index in [2.05, 4.69) is 0 Å². The van der Waals surface area contributed by atoms with Crippen LogP contribution in [-0.4, -0.2) is 11.6 Å². The number of carbonyl (C=O) groups is 2. The van der Waals surface area contributed by atoms with Gasteiger partial charge < -0.3 is 0 Å². The molecule has 5 rings (SSSR count). The van der Waals surface area contributed by atoms with Crippen molar-refractivity contribution in [2.75, 3.05) is 0 Å². The fourth-order valence-electron chi connectivity index (χ4n) is 5.12. The van der Waals surface area contributed by atoms with Gasteiger partial charge in [0.15, 0.2) is 11.6 Å². The second-order valence-electron chi connectivity index (χ2n) is 8.51. The Morgan fingerprint density at radius 3 is 1.82 bits per heavy atom. The third-order valence-electron chi connectivity index (χ3n) is 6.61. The van der Waals surface area contributed by atoms with Gasteiger partial charge in [0.25, 0.3) is 0 Å². The van der Waals surface area contributed by atoms with Gasteiger partial charge in [-0.05, 0) is 28.8 Å². The number of halogens is 1. The number of hydrogen-bond donors (Lipinski definition) is 0. The van der Waals surface area contributed by atoms with Gasteiger partial charge in [-0.15, -0.1) is 0 Å². The zero-order chi connectivity index (χ0) is 22.8. The summed E-state index contributed by atoms with van der Waals surface area (Å²) in [5, 5.41) is 0. The summed E-state index contributed by atoms with van der Waals surface area (Å²) in [5.41, 5.74) is 4.20. The minimum Gasteiger partial charge on any atom is -0.294 e. The Bertz CT molecular complexity index is 1280. The Morgan fingerprint density at radius 1 is 0.636 bits per heavy atom. The van der Waals surface area contributed by atoms with Gasteiger partial charge in [-0.25, -0.2) is 4.39 Å². The van der Waals surface area contributed by atoms with Crippen molar-refractivity contribution in [1.29, 1.82) is 0 Å². The molecule has 0 unspecified atom stereocenters. The first-order valence-corrected chi connectivity index (χ1v) is 11.2. The highest BCUT2D eigenvalue weighted by Gasteiger charge is 2.46. The molecule has 0 spiro atoms. The van der Waals surface area contributed by atoms with Crippen molar-refractivity contribution < 1.29 is 14.0 Å². The summed E-state index contributed by atoms with van der Waals surface area (Å²) in [6.07, 6.45) is 0.238. The molecule has 0 saturated carbocycles. The molecule has 4 aromatic carbocycles. The molecule has 1 aliphatic carbocycles. The first-order valence-electron chi connectivity index (χ1n) is 11.2. The predicted octanol–water partition coefficient (Wildman–Crippen LogP) is 6.83. The van der Waals surface area contributed by atoms with Gasteiger partial charge in [-0.2, -0.15) is 0 Å². The summed E-state index contributed by atoms with van der Waals surface area (Å²) >= 11 is 0. The number of hydrogen-bond acceptors (Lipinski definition) is 2. The van der Waals surface area contributed by atoms with Gasteiger partial charge in [0.1, 0.15) is 5.82 Å². The number of fused-ring (bicyclic) bond motifs is 1. The lowest BCUT2D eigenvalue weighted by atomic mass is 9.76. The lowest BCUT2D eigenvalue weighted by molar-refractivity contribution is 0.0875. The second-order valence-corrected chi connectivity index (χ2v) is 8.51. The van der Waals surface area contributed by atoms with Crippen LogP contribution in [0.1, 0.15) is 55.7 Å². The second kappa shape index (κ2) is 8.95. The largest absolute Gasteiger partial charge is 0.294 e. The molecule has 33 heavy (non-hydrogen) atoms. The molecule has 0 heterocycles. The van der Waals surface area contributed by atoms with E-state index in [9.17, 15) is 14.0 Å². The molecule has 0 bridgehead atoms. The third kappa shape index (κ3) is 4.03. The predicted molar refractivity (Wildman–Crippen MR) is 127 cm³/mol. The number of rotatable bonds is 6. The number of carbonyl (C=O) groups excluding carboxylic acids is 2. The summed E-state index contributed by atoms with van der Waals surface area (Å²) in [5.74, 6) is -1.26. The van der Waals surface area contributed by atoms with Crippen LogP contribution < -0.4 is 0 Å². The molecule has 0 radical (unpaired) electrons. The Hall–Kier alpha value is -3.85. The molecule has 0 aliphatic heterocycles. The summed E-state index contributed by atoms with van der Waals surface area (Å²) < 4.78 is 13.7. The fourth-order valence-corrected chi connectivity index (χ4v) is 5.12. The van der Waals surface area contributed by atoms with E-state index in [0.717, 1.165) is 16.7 Å². The molecule has 2 nitrogen and oxygen atoms in total. The third-order valence-corrected chi connectivity index (χ3v) is 6.61. The maximum absolute atomic E-state index is 13.9.